The van der Waals surface area contributed by atoms with Gasteiger partial charge in [0.25, 0.3) is 0 Å². The van der Waals surface area contributed by atoms with Gasteiger partial charge >= 0.3 is 0 Å². The monoisotopic (exact) mass is 304 g/mol. The number of fused-ring (bicyclic) bond motifs is 1. The fourth-order valence-electron chi connectivity index (χ4n) is 2.70. The van der Waals surface area contributed by atoms with Crippen LogP contribution in [0.4, 0.5) is 4.39 Å². The third kappa shape index (κ3) is 3.26. The lowest BCUT2D eigenvalue weighted by Gasteiger charge is -2.09. The van der Waals surface area contributed by atoms with Gasteiger partial charge in [0.1, 0.15) is 11.9 Å². The van der Waals surface area contributed by atoms with Crippen molar-refractivity contribution in [2.45, 2.75) is 19.4 Å². The number of aliphatic hydroxyl groups excluding tert-OH is 1. The molecule has 0 saturated carbocycles. The van der Waals surface area contributed by atoms with Crippen LogP contribution in [-0.4, -0.2) is 11.2 Å². The van der Waals surface area contributed by atoms with Crippen LogP contribution in [0.5, 0.6) is 0 Å². The van der Waals surface area contributed by atoms with E-state index in [4.69, 9.17) is 6.42 Å². The molecule has 0 aliphatic rings. The first-order valence-corrected chi connectivity index (χ1v) is 7.50. The molecule has 1 atom stereocenters. The van der Waals surface area contributed by atoms with Crippen LogP contribution in [0.15, 0.2) is 54.6 Å². The predicted octanol–water partition coefficient (Wildman–Crippen LogP) is 4.49. The summed E-state index contributed by atoms with van der Waals surface area (Å²) in [6, 6.07) is 17.4. The van der Waals surface area contributed by atoms with Gasteiger partial charge in [-0.05, 0) is 46.5 Å². The van der Waals surface area contributed by atoms with E-state index in [-0.39, 0.29) is 12.2 Å². The topological polar surface area (TPSA) is 20.2 Å². The normalized spacial score (nSPS) is 12.1. The number of rotatable bonds is 3. The molecule has 0 fully saturated rings. The number of hydrogen-bond donors (Lipinski definition) is 1. The summed E-state index contributed by atoms with van der Waals surface area (Å²) in [5.74, 6) is 1.85. The number of aryl methyl sites for hydroxylation is 1. The first-order chi connectivity index (χ1) is 11.1. The zero-order chi connectivity index (χ0) is 16.4. The van der Waals surface area contributed by atoms with E-state index in [1.807, 2.05) is 18.2 Å². The molecule has 3 aromatic rings. The third-order valence-electron chi connectivity index (χ3n) is 3.99. The molecule has 0 spiro atoms. The molecule has 1 nitrogen and oxygen atoms in total. The van der Waals surface area contributed by atoms with E-state index >= 15 is 0 Å². The van der Waals surface area contributed by atoms with Gasteiger partial charge in [-0.3, -0.25) is 0 Å². The first kappa shape index (κ1) is 15.3. The van der Waals surface area contributed by atoms with Gasteiger partial charge in [0.15, 0.2) is 0 Å². The molecule has 0 heterocycles. The second-order valence-corrected chi connectivity index (χ2v) is 5.76. The number of hydrogen-bond acceptors (Lipinski definition) is 1. The molecule has 0 aromatic heterocycles. The quantitative estimate of drug-likeness (QED) is 0.707. The first-order valence-electron chi connectivity index (χ1n) is 7.50. The maximum atomic E-state index is 14.2. The average molecular weight is 304 g/mol. The summed E-state index contributed by atoms with van der Waals surface area (Å²) in [5.41, 5.74) is 3.41. The number of benzene rings is 3. The fourth-order valence-corrected chi connectivity index (χ4v) is 2.70. The van der Waals surface area contributed by atoms with E-state index in [9.17, 15) is 9.50 Å². The van der Waals surface area contributed by atoms with E-state index in [0.717, 1.165) is 16.5 Å². The molecule has 0 radical (unpaired) electrons. The molecule has 0 saturated heterocycles. The Labute approximate surface area is 135 Å². The van der Waals surface area contributed by atoms with Gasteiger partial charge in [0, 0.05) is 6.42 Å². The van der Waals surface area contributed by atoms with Gasteiger partial charge in [-0.1, -0.05) is 53.9 Å². The Morgan fingerprint density at radius 3 is 2.39 bits per heavy atom. The molecular formula is C21H17FO. The maximum Gasteiger partial charge on any atom is 0.127 e. The molecule has 114 valence electrons. The Balaban J connectivity index is 1.97. The zero-order valence-corrected chi connectivity index (χ0v) is 12.9. The van der Waals surface area contributed by atoms with Crippen LogP contribution in [-0.2, 0) is 6.42 Å². The second kappa shape index (κ2) is 6.24. The minimum absolute atomic E-state index is 0.125. The third-order valence-corrected chi connectivity index (χ3v) is 3.99. The summed E-state index contributed by atoms with van der Waals surface area (Å²) in [6.45, 7) is 2.06. The number of aliphatic hydroxyl groups is 1. The van der Waals surface area contributed by atoms with Crippen LogP contribution in [0.25, 0.3) is 21.9 Å². The van der Waals surface area contributed by atoms with Crippen LogP contribution in [0.3, 0.4) is 0 Å². The van der Waals surface area contributed by atoms with E-state index in [1.165, 1.54) is 17.0 Å². The number of halogens is 1. The molecule has 23 heavy (non-hydrogen) atoms. The Morgan fingerprint density at radius 2 is 1.65 bits per heavy atom. The van der Waals surface area contributed by atoms with Crippen molar-refractivity contribution in [2.75, 3.05) is 0 Å². The van der Waals surface area contributed by atoms with E-state index in [1.54, 1.807) is 6.07 Å². The van der Waals surface area contributed by atoms with Gasteiger partial charge in [-0.25, -0.2) is 4.39 Å². The highest BCUT2D eigenvalue weighted by Gasteiger charge is 2.09. The Kier molecular flexibility index (Phi) is 4.14. The van der Waals surface area contributed by atoms with Crippen molar-refractivity contribution in [2.24, 2.45) is 0 Å². The Hall–Kier alpha value is -2.63. The lowest BCUT2D eigenvalue weighted by atomic mass is 9.98. The minimum atomic E-state index is -0.959. The maximum absolute atomic E-state index is 14.2. The van der Waals surface area contributed by atoms with Crippen molar-refractivity contribution in [1.82, 2.24) is 0 Å². The largest absolute Gasteiger partial charge is 0.380 e. The highest BCUT2D eigenvalue weighted by Crippen LogP contribution is 2.27. The summed E-state index contributed by atoms with van der Waals surface area (Å²) in [7, 11) is 0. The summed E-state index contributed by atoms with van der Waals surface area (Å²) in [6.07, 6.45) is 4.30. The van der Waals surface area contributed by atoms with Gasteiger partial charge in [-0.15, -0.1) is 6.42 Å². The predicted molar refractivity (Wildman–Crippen MR) is 92.6 cm³/mol. The summed E-state index contributed by atoms with van der Waals surface area (Å²) in [5, 5.41) is 11.8. The lowest BCUT2D eigenvalue weighted by Crippen LogP contribution is -2.08. The van der Waals surface area contributed by atoms with Crippen LogP contribution < -0.4 is 0 Å². The van der Waals surface area contributed by atoms with Crippen molar-refractivity contribution in [3.8, 4) is 23.5 Å². The molecule has 1 N–H and O–H groups in total. The average Bonchev–Trinajstić information content (AvgIpc) is 2.56. The van der Waals surface area contributed by atoms with Crippen molar-refractivity contribution in [1.29, 1.82) is 0 Å². The second-order valence-electron chi connectivity index (χ2n) is 5.76. The van der Waals surface area contributed by atoms with Gasteiger partial charge in [0.2, 0.25) is 0 Å². The van der Waals surface area contributed by atoms with Gasteiger partial charge in [0.05, 0.1) is 0 Å². The van der Waals surface area contributed by atoms with Crippen molar-refractivity contribution in [3.63, 3.8) is 0 Å². The molecule has 0 bridgehead atoms. The molecule has 0 amide bonds. The van der Waals surface area contributed by atoms with Gasteiger partial charge in [-0.2, -0.15) is 0 Å². The molecular weight excluding hydrogens is 287 g/mol. The highest BCUT2D eigenvalue weighted by molar-refractivity contribution is 5.87. The molecule has 3 aromatic carbocycles. The van der Waals surface area contributed by atoms with Crippen LogP contribution in [0.2, 0.25) is 0 Å². The van der Waals surface area contributed by atoms with Gasteiger partial charge < -0.3 is 5.11 Å². The van der Waals surface area contributed by atoms with E-state index in [2.05, 4.69) is 37.1 Å². The van der Waals surface area contributed by atoms with E-state index in [0.29, 0.717) is 5.56 Å². The molecule has 0 aliphatic carbocycles. The Bertz CT molecular complexity index is 905. The smallest absolute Gasteiger partial charge is 0.127 e. The van der Waals surface area contributed by atoms with E-state index < -0.39 is 6.10 Å². The fraction of sp³-hybridized carbons (Fsp3) is 0.143. The standard InChI is InChI=1S/C21H17FO/c1-3-20(23)12-19-9-8-18(13-21(19)22)17-7-6-15-10-14(2)4-5-16(15)11-17/h1,4-11,13,20,23H,12H2,2H3. The van der Waals surface area contributed by atoms with Crippen molar-refractivity contribution >= 4 is 10.8 Å². The number of terminal acetylenes is 1. The highest BCUT2D eigenvalue weighted by atomic mass is 19.1. The summed E-state index contributed by atoms with van der Waals surface area (Å²) in [4.78, 5) is 0. The zero-order valence-electron chi connectivity index (χ0n) is 12.9. The van der Waals surface area contributed by atoms with Crippen LogP contribution in [0.1, 0.15) is 11.1 Å². The lowest BCUT2D eigenvalue weighted by molar-refractivity contribution is 0.232. The molecule has 2 heteroatoms. The van der Waals surface area contributed by atoms with Crippen molar-refractivity contribution in [3.05, 3.63) is 71.5 Å². The molecule has 3 rings (SSSR count). The molecule has 1 unspecified atom stereocenters. The Morgan fingerprint density at radius 1 is 1.00 bits per heavy atom. The SMILES string of the molecule is C#CC(O)Cc1ccc(-c2ccc3cc(C)ccc3c2)cc1F. The molecule has 0 aliphatic heterocycles. The summed E-state index contributed by atoms with van der Waals surface area (Å²) < 4.78 is 14.2. The minimum Gasteiger partial charge on any atom is -0.380 e. The summed E-state index contributed by atoms with van der Waals surface area (Å²) >= 11 is 0. The van der Waals surface area contributed by atoms with Crippen LogP contribution >= 0.6 is 0 Å². The van der Waals surface area contributed by atoms with Crippen LogP contribution in [0, 0.1) is 25.1 Å². The van der Waals surface area contributed by atoms with Crippen molar-refractivity contribution < 1.29 is 9.50 Å².